The fraction of sp³-hybridized carbons (Fsp3) is 0.294. The van der Waals surface area contributed by atoms with E-state index in [2.05, 4.69) is 21.9 Å². The molecule has 0 bridgehead atoms. The van der Waals surface area contributed by atoms with Gasteiger partial charge in [0.25, 0.3) is 5.91 Å². The van der Waals surface area contributed by atoms with E-state index in [9.17, 15) is 4.79 Å². The molecule has 0 saturated heterocycles. The van der Waals surface area contributed by atoms with Gasteiger partial charge in [0.15, 0.2) is 0 Å². The Balaban J connectivity index is 2.02. The summed E-state index contributed by atoms with van der Waals surface area (Å²) >= 11 is 0. The molecule has 114 valence electrons. The molecule has 0 aliphatic heterocycles. The van der Waals surface area contributed by atoms with Gasteiger partial charge >= 0.3 is 0 Å². The first kappa shape index (κ1) is 14.4. The number of hydrogen-bond donors (Lipinski definition) is 1. The number of para-hydroxylation sites is 1. The van der Waals surface area contributed by atoms with Crippen molar-refractivity contribution in [3.63, 3.8) is 0 Å². The summed E-state index contributed by atoms with van der Waals surface area (Å²) in [4.78, 5) is 12.7. The van der Waals surface area contributed by atoms with E-state index < -0.39 is 0 Å². The van der Waals surface area contributed by atoms with Crippen molar-refractivity contribution in [2.75, 3.05) is 5.32 Å². The number of nitrogens with zero attached hydrogens (tertiary/aromatic N) is 3. The first-order valence-electron chi connectivity index (χ1n) is 7.42. The lowest BCUT2D eigenvalue weighted by Gasteiger charge is -2.04. The summed E-state index contributed by atoms with van der Waals surface area (Å²) in [6.07, 6.45) is 1.92. The van der Waals surface area contributed by atoms with Gasteiger partial charge in [0.2, 0.25) is 0 Å². The molecule has 2 aromatic heterocycles. The highest BCUT2D eigenvalue weighted by atomic mass is 16.1. The molecule has 3 aromatic rings. The third-order valence-electron chi connectivity index (χ3n) is 4.12. The molecule has 0 aliphatic carbocycles. The van der Waals surface area contributed by atoms with Crippen LogP contribution in [0.5, 0.6) is 0 Å². The summed E-state index contributed by atoms with van der Waals surface area (Å²) < 4.78 is 3.87. The van der Waals surface area contributed by atoms with Crippen molar-refractivity contribution in [2.24, 2.45) is 7.05 Å². The van der Waals surface area contributed by atoms with Crippen molar-refractivity contribution in [2.45, 2.75) is 27.3 Å². The van der Waals surface area contributed by atoms with Crippen molar-refractivity contribution in [1.29, 1.82) is 0 Å². The van der Waals surface area contributed by atoms with Crippen LogP contribution < -0.4 is 5.32 Å². The molecule has 0 atom stereocenters. The minimum atomic E-state index is -0.0948. The Bertz CT molecular complexity index is 857. The van der Waals surface area contributed by atoms with Crippen LogP contribution in [0.1, 0.15) is 28.7 Å². The lowest BCUT2D eigenvalue weighted by Crippen LogP contribution is -2.13. The zero-order valence-corrected chi connectivity index (χ0v) is 13.3. The number of benzene rings is 1. The van der Waals surface area contributed by atoms with Crippen LogP contribution in [0.2, 0.25) is 0 Å². The second-order valence-corrected chi connectivity index (χ2v) is 5.47. The molecule has 0 radical (unpaired) electrons. The van der Waals surface area contributed by atoms with Gasteiger partial charge in [0, 0.05) is 30.7 Å². The molecular weight excluding hydrogens is 276 g/mol. The van der Waals surface area contributed by atoms with Gasteiger partial charge in [-0.3, -0.25) is 9.48 Å². The lowest BCUT2D eigenvalue weighted by atomic mass is 10.1. The van der Waals surface area contributed by atoms with Crippen molar-refractivity contribution in [1.82, 2.24) is 14.3 Å². The van der Waals surface area contributed by atoms with Gasteiger partial charge in [-0.05, 0) is 26.8 Å². The Hall–Kier alpha value is -2.56. The number of rotatable bonds is 3. The monoisotopic (exact) mass is 296 g/mol. The second-order valence-electron chi connectivity index (χ2n) is 5.47. The third kappa shape index (κ3) is 2.19. The number of carbonyl (C=O) groups is 1. The molecule has 5 heteroatoms. The summed E-state index contributed by atoms with van der Waals surface area (Å²) in [6, 6.07) is 7.97. The average molecular weight is 296 g/mol. The topological polar surface area (TPSA) is 51.9 Å². The Morgan fingerprint density at radius 2 is 2.00 bits per heavy atom. The van der Waals surface area contributed by atoms with E-state index in [4.69, 9.17) is 0 Å². The smallest absolute Gasteiger partial charge is 0.257 e. The summed E-state index contributed by atoms with van der Waals surface area (Å²) in [5.41, 5.74) is 4.34. The first-order chi connectivity index (χ1) is 10.5. The Morgan fingerprint density at radius 3 is 2.64 bits per heavy atom. The van der Waals surface area contributed by atoms with E-state index in [1.54, 1.807) is 4.68 Å². The molecule has 0 fully saturated rings. The third-order valence-corrected chi connectivity index (χ3v) is 4.12. The number of fused-ring (bicyclic) bond motifs is 1. The molecule has 1 aromatic carbocycles. The predicted octanol–water partition coefficient (Wildman–Crippen LogP) is 3.26. The van der Waals surface area contributed by atoms with E-state index >= 15 is 0 Å². The standard InChI is InChI=1S/C17H20N4O/c1-5-21-10-14(13-8-6-7-9-15(13)21)17(22)18-16-11(2)19-20(4)12(16)3/h6-10H,5H2,1-4H3,(H,18,22). The van der Waals surface area contributed by atoms with Crippen molar-refractivity contribution in [3.8, 4) is 0 Å². The second kappa shape index (κ2) is 5.33. The normalized spacial score (nSPS) is 11.1. The molecular formula is C17H20N4O. The molecule has 0 aliphatic rings. The number of nitrogens with one attached hydrogen (secondary N) is 1. The van der Waals surface area contributed by atoms with Crippen LogP contribution in [0.25, 0.3) is 10.9 Å². The largest absolute Gasteiger partial charge is 0.347 e. The van der Waals surface area contributed by atoms with Crippen molar-refractivity contribution < 1.29 is 4.79 Å². The molecule has 22 heavy (non-hydrogen) atoms. The van der Waals surface area contributed by atoms with Crippen LogP contribution in [0.3, 0.4) is 0 Å². The molecule has 1 amide bonds. The number of anilines is 1. The summed E-state index contributed by atoms with van der Waals surface area (Å²) in [6.45, 7) is 6.76. The van der Waals surface area contributed by atoms with E-state index in [0.29, 0.717) is 5.56 Å². The number of aryl methyl sites for hydroxylation is 3. The molecule has 3 rings (SSSR count). The SMILES string of the molecule is CCn1cc(C(=O)Nc2c(C)nn(C)c2C)c2ccccc21. The molecule has 5 nitrogen and oxygen atoms in total. The minimum Gasteiger partial charge on any atom is -0.347 e. The van der Waals surface area contributed by atoms with Crippen molar-refractivity contribution in [3.05, 3.63) is 47.4 Å². The van der Waals surface area contributed by atoms with Crippen molar-refractivity contribution >= 4 is 22.5 Å². The fourth-order valence-electron chi connectivity index (χ4n) is 2.82. The van der Waals surface area contributed by atoms with E-state index in [1.807, 2.05) is 51.4 Å². The summed E-state index contributed by atoms with van der Waals surface area (Å²) in [5.74, 6) is -0.0948. The molecule has 0 unspecified atom stereocenters. The Kier molecular flexibility index (Phi) is 3.48. The molecule has 0 saturated carbocycles. The van der Waals surface area contributed by atoms with Gasteiger partial charge in [0.1, 0.15) is 0 Å². The zero-order chi connectivity index (χ0) is 15.9. The maximum absolute atomic E-state index is 12.7. The Labute approximate surface area is 129 Å². The highest BCUT2D eigenvalue weighted by Gasteiger charge is 2.17. The molecule has 2 heterocycles. The zero-order valence-electron chi connectivity index (χ0n) is 13.3. The molecule has 1 N–H and O–H groups in total. The summed E-state index contributed by atoms with van der Waals surface area (Å²) in [7, 11) is 1.88. The molecule has 0 spiro atoms. The van der Waals surface area contributed by atoms with Crippen LogP contribution in [-0.2, 0) is 13.6 Å². The predicted molar refractivity (Wildman–Crippen MR) is 88.2 cm³/mol. The van der Waals surface area contributed by atoms with Gasteiger partial charge < -0.3 is 9.88 Å². The van der Waals surface area contributed by atoms with Crippen LogP contribution in [0.15, 0.2) is 30.5 Å². The average Bonchev–Trinajstić information content (AvgIpc) is 3.00. The highest BCUT2D eigenvalue weighted by Crippen LogP contribution is 2.24. The number of amides is 1. The quantitative estimate of drug-likeness (QED) is 0.806. The van der Waals surface area contributed by atoms with E-state index in [-0.39, 0.29) is 5.91 Å². The van der Waals surface area contributed by atoms with E-state index in [0.717, 1.165) is 34.5 Å². The highest BCUT2D eigenvalue weighted by molar-refractivity contribution is 6.13. The van der Waals surface area contributed by atoms with E-state index in [1.165, 1.54) is 0 Å². The van der Waals surface area contributed by atoms with Gasteiger partial charge in [-0.25, -0.2) is 0 Å². The summed E-state index contributed by atoms with van der Waals surface area (Å²) in [5, 5.41) is 8.32. The van der Waals surface area contributed by atoms with Gasteiger partial charge in [-0.2, -0.15) is 5.10 Å². The van der Waals surface area contributed by atoms with Crippen LogP contribution in [0.4, 0.5) is 5.69 Å². The number of carbonyl (C=O) groups excluding carboxylic acids is 1. The number of aromatic nitrogens is 3. The van der Waals surface area contributed by atoms with Crippen LogP contribution >= 0.6 is 0 Å². The first-order valence-corrected chi connectivity index (χ1v) is 7.42. The minimum absolute atomic E-state index is 0.0948. The van der Waals surface area contributed by atoms with Crippen LogP contribution in [-0.4, -0.2) is 20.3 Å². The van der Waals surface area contributed by atoms with Gasteiger partial charge in [-0.1, -0.05) is 18.2 Å². The van der Waals surface area contributed by atoms with Gasteiger partial charge in [-0.15, -0.1) is 0 Å². The number of hydrogen-bond acceptors (Lipinski definition) is 2. The van der Waals surface area contributed by atoms with Crippen LogP contribution in [0, 0.1) is 13.8 Å². The van der Waals surface area contributed by atoms with Gasteiger partial charge in [0.05, 0.1) is 22.6 Å². The lowest BCUT2D eigenvalue weighted by molar-refractivity contribution is 0.102. The Morgan fingerprint density at radius 1 is 1.27 bits per heavy atom. The fourth-order valence-corrected chi connectivity index (χ4v) is 2.82. The maximum Gasteiger partial charge on any atom is 0.257 e. The maximum atomic E-state index is 12.7.